The molecule has 0 aliphatic heterocycles. The molecule has 2 aromatic carbocycles. The molecule has 0 saturated carbocycles. The number of hydrogen-bond acceptors (Lipinski definition) is 5. The zero-order valence-corrected chi connectivity index (χ0v) is 13.5. The number of amides is 1. The van der Waals surface area contributed by atoms with Crippen molar-refractivity contribution in [1.82, 2.24) is 5.43 Å². The van der Waals surface area contributed by atoms with Crippen molar-refractivity contribution in [2.24, 2.45) is 5.10 Å². The summed E-state index contributed by atoms with van der Waals surface area (Å²) in [6.07, 6.45) is 1.57. The Morgan fingerprint density at radius 1 is 1.25 bits per heavy atom. The first kappa shape index (κ1) is 17.1. The van der Waals surface area contributed by atoms with Gasteiger partial charge in [0, 0.05) is 31.9 Å². The maximum absolute atomic E-state index is 11.8. The van der Waals surface area contributed by atoms with Gasteiger partial charge in [0.15, 0.2) is 0 Å². The van der Waals surface area contributed by atoms with E-state index < -0.39 is 4.92 Å². The molecule has 0 aliphatic carbocycles. The molecular formula is C17H18N4O3. The number of hydrogen-bond donors (Lipinski definition) is 1. The normalized spacial score (nSPS) is 10.6. The monoisotopic (exact) mass is 326 g/mol. The summed E-state index contributed by atoms with van der Waals surface area (Å²) in [6.45, 7) is 0. The summed E-state index contributed by atoms with van der Waals surface area (Å²) in [7, 11) is 3.91. The second-order valence-corrected chi connectivity index (χ2v) is 5.38. The Morgan fingerprint density at radius 3 is 2.58 bits per heavy atom. The molecule has 0 unspecified atom stereocenters. The van der Waals surface area contributed by atoms with Crippen LogP contribution in [0, 0.1) is 10.1 Å². The first-order valence-electron chi connectivity index (χ1n) is 7.28. The number of rotatable bonds is 6. The van der Waals surface area contributed by atoms with Crippen molar-refractivity contribution in [3.05, 3.63) is 69.8 Å². The van der Waals surface area contributed by atoms with E-state index in [-0.39, 0.29) is 18.0 Å². The molecule has 0 heterocycles. The topological polar surface area (TPSA) is 87.8 Å². The van der Waals surface area contributed by atoms with Crippen LogP contribution in [0.25, 0.3) is 0 Å². The average molecular weight is 326 g/mol. The van der Waals surface area contributed by atoms with Crippen LogP contribution >= 0.6 is 0 Å². The third-order valence-electron chi connectivity index (χ3n) is 3.30. The van der Waals surface area contributed by atoms with E-state index in [4.69, 9.17) is 0 Å². The number of nitro groups is 1. The Kier molecular flexibility index (Phi) is 5.62. The Hall–Kier alpha value is -3.22. The summed E-state index contributed by atoms with van der Waals surface area (Å²) >= 11 is 0. The molecule has 7 nitrogen and oxygen atoms in total. The number of anilines is 1. The number of nitrogens with zero attached hydrogens (tertiary/aromatic N) is 3. The second-order valence-electron chi connectivity index (χ2n) is 5.38. The lowest BCUT2D eigenvalue weighted by Gasteiger charge is -2.11. The maximum atomic E-state index is 11.8. The highest BCUT2D eigenvalue weighted by Gasteiger charge is 2.08. The third-order valence-corrected chi connectivity index (χ3v) is 3.30. The van der Waals surface area contributed by atoms with Crippen LogP contribution in [0.4, 0.5) is 11.4 Å². The average Bonchev–Trinajstić information content (AvgIpc) is 2.55. The van der Waals surface area contributed by atoms with E-state index in [9.17, 15) is 14.9 Å². The fourth-order valence-electron chi connectivity index (χ4n) is 2.04. The van der Waals surface area contributed by atoms with Gasteiger partial charge in [0.25, 0.3) is 5.69 Å². The van der Waals surface area contributed by atoms with Gasteiger partial charge in [-0.15, -0.1) is 0 Å². The molecule has 0 radical (unpaired) electrons. The van der Waals surface area contributed by atoms with Crippen molar-refractivity contribution in [3.63, 3.8) is 0 Å². The summed E-state index contributed by atoms with van der Waals surface area (Å²) in [4.78, 5) is 24.0. The van der Waals surface area contributed by atoms with Crippen molar-refractivity contribution >= 4 is 23.5 Å². The minimum absolute atomic E-state index is 0.0264. The van der Waals surface area contributed by atoms with Crippen LogP contribution in [0.15, 0.2) is 53.6 Å². The van der Waals surface area contributed by atoms with Crippen LogP contribution in [0.2, 0.25) is 0 Å². The minimum atomic E-state index is -0.489. The molecular weight excluding hydrogens is 308 g/mol. The zero-order valence-electron chi connectivity index (χ0n) is 13.5. The molecule has 0 saturated heterocycles. The standard InChI is InChI=1S/C17H18N4O3/c1-20(2)15-8-6-13(7-9-15)12-18-19-17(22)11-14-4-3-5-16(10-14)21(23)24/h3-10,12H,11H2,1-2H3,(H,19,22)/b18-12+. The lowest BCUT2D eigenvalue weighted by atomic mass is 10.1. The highest BCUT2D eigenvalue weighted by Crippen LogP contribution is 2.13. The third kappa shape index (κ3) is 4.91. The van der Waals surface area contributed by atoms with E-state index in [0.717, 1.165) is 11.3 Å². The van der Waals surface area contributed by atoms with Crippen molar-refractivity contribution in [2.45, 2.75) is 6.42 Å². The highest BCUT2D eigenvalue weighted by atomic mass is 16.6. The van der Waals surface area contributed by atoms with Crippen molar-refractivity contribution in [2.75, 3.05) is 19.0 Å². The van der Waals surface area contributed by atoms with E-state index in [2.05, 4.69) is 10.5 Å². The Morgan fingerprint density at radius 2 is 1.96 bits per heavy atom. The summed E-state index contributed by atoms with van der Waals surface area (Å²) in [6, 6.07) is 13.7. The minimum Gasteiger partial charge on any atom is -0.378 e. The van der Waals surface area contributed by atoms with Gasteiger partial charge < -0.3 is 4.90 Å². The summed E-state index contributed by atoms with van der Waals surface area (Å²) < 4.78 is 0. The predicted octanol–water partition coefficient (Wildman–Crippen LogP) is 2.35. The molecule has 2 aromatic rings. The summed E-state index contributed by atoms with van der Waals surface area (Å²) in [5, 5.41) is 14.6. The molecule has 0 aliphatic rings. The molecule has 0 fully saturated rings. The van der Waals surface area contributed by atoms with Crippen LogP contribution in [-0.2, 0) is 11.2 Å². The van der Waals surface area contributed by atoms with Gasteiger partial charge in [-0.1, -0.05) is 24.3 Å². The molecule has 1 N–H and O–H groups in total. The molecule has 24 heavy (non-hydrogen) atoms. The second kappa shape index (κ2) is 7.87. The van der Waals surface area contributed by atoms with Crippen molar-refractivity contribution < 1.29 is 9.72 Å². The number of nitrogens with one attached hydrogen (secondary N) is 1. The lowest BCUT2D eigenvalue weighted by Crippen LogP contribution is -2.19. The van der Waals surface area contributed by atoms with Crippen molar-refractivity contribution in [3.8, 4) is 0 Å². The molecule has 0 bridgehead atoms. The smallest absolute Gasteiger partial charge is 0.269 e. The first-order valence-corrected chi connectivity index (χ1v) is 7.28. The Labute approximate surface area is 139 Å². The van der Waals surface area contributed by atoms with Gasteiger partial charge in [-0.2, -0.15) is 5.10 Å². The molecule has 0 atom stereocenters. The summed E-state index contributed by atoms with van der Waals surface area (Å²) in [5.41, 5.74) is 4.87. The van der Waals surface area contributed by atoms with Crippen LogP contribution in [0.1, 0.15) is 11.1 Å². The molecule has 2 rings (SSSR count). The number of carbonyl (C=O) groups is 1. The van der Waals surface area contributed by atoms with E-state index in [0.29, 0.717) is 5.56 Å². The maximum Gasteiger partial charge on any atom is 0.269 e. The van der Waals surface area contributed by atoms with Crippen LogP contribution in [0.5, 0.6) is 0 Å². The summed E-state index contributed by atoms with van der Waals surface area (Å²) in [5.74, 6) is -0.336. The van der Waals surface area contributed by atoms with Crippen molar-refractivity contribution in [1.29, 1.82) is 0 Å². The van der Waals surface area contributed by atoms with E-state index in [1.165, 1.54) is 12.1 Å². The van der Waals surface area contributed by atoms with Gasteiger partial charge >= 0.3 is 0 Å². The fraction of sp³-hybridized carbons (Fsp3) is 0.176. The Balaban J connectivity index is 1.90. The molecule has 124 valence electrons. The zero-order chi connectivity index (χ0) is 17.5. The number of benzene rings is 2. The predicted molar refractivity (Wildman–Crippen MR) is 93.3 cm³/mol. The van der Waals surface area contributed by atoms with Crippen LogP contribution in [-0.4, -0.2) is 31.1 Å². The quantitative estimate of drug-likeness (QED) is 0.501. The molecule has 0 spiro atoms. The number of nitro benzene ring substituents is 1. The number of hydrazone groups is 1. The largest absolute Gasteiger partial charge is 0.378 e. The highest BCUT2D eigenvalue weighted by molar-refractivity contribution is 5.83. The molecule has 7 heteroatoms. The molecule has 0 aromatic heterocycles. The van der Waals surface area contributed by atoms with E-state index in [1.54, 1.807) is 18.3 Å². The van der Waals surface area contributed by atoms with E-state index >= 15 is 0 Å². The van der Waals surface area contributed by atoms with Crippen LogP contribution in [0.3, 0.4) is 0 Å². The van der Waals surface area contributed by atoms with Gasteiger partial charge in [-0.25, -0.2) is 5.43 Å². The van der Waals surface area contributed by atoms with Crippen LogP contribution < -0.4 is 10.3 Å². The van der Waals surface area contributed by atoms with Gasteiger partial charge in [-0.3, -0.25) is 14.9 Å². The van der Waals surface area contributed by atoms with E-state index in [1.807, 2.05) is 43.3 Å². The van der Waals surface area contributed by atoms with Gasteiger partial charge in [0.2, 0.25) is 5.91 Å². The molecule has 1 amide bonds. The van der Waals surface area contributed by atoms with Gasteiger partial charge in [0.05, 0.1) is 17.6 Å². The SMILES string of the molecule is CN(C)c1ccc(/C=N/NC(=O)Cc2cccc([N+](=O)[O-])c2)cc1. The number of carbonyl (C=O) groups excluding carboxylic acids is 1. The first-order chi connectivity index (χ1) is 11.5. The number of non-ortho nitro benzene ring substituents is 1. The van der Waals surface area contributed by atoms with Gasteiger partial charge in [0.1, 0.15) is 0 Å². The fourth-order valence-corrected chi connectivity index (χ4v) is 2.04. The Bertz CT molecular complexity index is 755. The van der Waals surface area contributed by atoms with Gasteiger partial charge in [-0.05, 0) is 23.3 Å². The lowest BCUT2D eigenvalue weighted by molar-refractivity contribution is -0.384.